The molecule has 3 aromatic carbocycles. The molecule has 3 aromatic rings. The van der Waals surface area contributed by atoms with E-state index < -0.39 is 10.7 Å². The summed E-state index contributed by atoms with van der Waals surface area (Å²) in [6.07, 6.45) is 0.0962. The van der Waals surface area contributed by atoms with Gasteiger partial charge >= 0.3 is 0 Å². The van der Waals surface area contributed by atoms with E-state index >= 15 is 0 Å². The molecule has 30 heavy (non-hydrogen) atoms. The van der Waals surface area contributed by atoms with Crippen LogP contribution in [0, 0.1) is 15.9 Å². The van der Waals surface area contributed by atoms with Crippen molar-refractivity contribution in [2.24, 2.45) is 0 Å². The zero-order chi connectivity index (χ0) is 21.5. The molecule has 7 nitrogen and oxygen atoms in total. The summed E-state index contributed by atoms with van der Waals surface area (Å²) in [5.41, 5.74) is 2.30. The van der Waals surface area contributed by atoms with Gasteiger partial charge in [-0.15, -0.1) is 0 Å². The minimum atomic E-state index is -0.494. The van der Waals surface area contributed by atoms with Gasteiger partial charge in [-0.2, -0.15) is 0 Å². The number of halogens is 1. The van der Waals surface area contributed by atoms with E-state index in [1.54, 1.807) is 36.4 Å². The molecule has 0 bridgehead atoms. The van der Waals surface area contributed by atoms with Crippen LogP contribution in [-0.4, -0.2) is 16.7 Å². The van der Waals surface area contributed by atoms with Crippen LogP contribution in [0.25, 0.3) is 0 Å². The highest BCUT2D eigenvalue weighted by molar-refractivity contribution is 6.04. The van der Waals surface area contributed by atoms with Gasteiger partial charge in [0.05, 0.1) is 11.3 Å². The van der Waals surface area contributed by atoms with E-state index in [1.807, 2.05) is 0 Å². The fourth-order valence-electron chi connectivity index (χ4n) is 2.75. The average molecular weight is 407 g/mol. The van der Waals surface area contributed by atoms with Crippen molar-refractivity contribution in [2.45, 2.75) is 13.0 Å². The van der Waals surface area contributed by atoms with Crippen molar-refractivity contribution in [3.05, 3.63) is 105 Å². The summed E-state index contributed by atoms with van der Waals surface area (Å²) in [4.78, 5) is 34.5. The first-order chi connectivity index (χ1) is 14.4. The lowest BCUT2D eigenvalue weighted by Gasteiger charge is -2.09. The van der Waals surface area contributed by atoms with Crippen LogP contribution in [0.3, 0.4) is 0 Å². The molecule has 0 atom stereocenters. The SMILES string of the molecule is O=C(Cc1ccc([N+](=O)[O-])cc1)NCc1cccc(NC(=O)c2ccc(F)cc2)c1. The van der Waals surface area contributed by atoms with E-state index in [9.17, 15) is 24.1 Å². The number of hydrogen-bond donors (Lipinski definition) is 2. The summed E-state index contributed by atoms with van der Waals surface area (Å²) in [5.74, 6) is -1.02. The molecule has 3 rings (SSSR count). The molecule has 0 aromatic heterocycles. The summed E-state index contributed by atoms with van der Waals surface area (Å²) < 4.78 is 13.0. The van der Waals surface area contributed by atoms with Gasteiger partial charge in [-0.3, -0.25) is 19.7 Å². The van der Waals surface area contributed by atoms with Crippen LogP contribution in [0.15, 0.2) is 72.8 Å². The van der Waals surface area contributed by atoms with E-state index in [-0.39, 0.29) is 30.5 Å². The standard InChI is InChI=1S/C22H18FN3O4/c23-18-8-6-17(7-9-18)22(28)25-19-3-1-2-16(12-19)14-24-21(27)13-15-4-10-20(11-5-15)26(29)30/h1-12H,13-14H2,(H,24,27)(H,25,28). The van der Waals surface area contributed by atoms with Crippen LogP contribution in [-0.2, 0) is 17.8 Å². The van der Waals surface area contributed by atoms with Gasteiger partial charge in [0.1, 0.15) is 5.82 Å². The maximum Gasteiger partial charge on any atom is 0.269 e. The van der Waals surface area contributed by atoms with Crippen LogP contribution in [0.2, 0.25) is 0 Å². The Kier molecular flexibility index (Phi) is 6.49. The van der Waals surface area contributed by atoms with Crippen LogP contribution in [0.1, 0.15) is 21.5 Å². The number of benzene rings is 3. The highest BCUT2D eigenvalue weighted by Crippen LogP contribution is 2.14. The fraction of sp³-hybridized carbons (Fsp3) is 0.0909. The molecule has 2 N–H and O–H groups in total. The molecule has 0 spiro atoms. The van der Waals surface area contributed by atoms with Crippen LogP contribution in [0.4, 0.5) is 15.8 Å². The molecule has 0 aliphatic rings. The summed E-state index contributed by atoms with van der Waals surface area (Å²) in [7, 11) is 0. The van der Waals surface area contributed by atoms with E-state index in [0.29, 0.717) is 16.8 Å². The Labute approximate surface area is 171 Å². The fourth-order valence-corrected chi connectivity index (χ4v) is 2.75. The molecule has 0 unspecified atom stereocenters. The first kappa shape index (κ1) is 20.7. The van der Waals surface area contributed by atoms with Crippen molar-refractivity contribution in [1.29, 1.82) is 0 Å². The zero-order valence-corrected chi connectivity index (χ0v) is 15.8. The third-order valence-corrected chi connectivity index (χ3v) is 4.29. The smallest absolute Gasteiger partial charge is 0.269 e. The Morgan fingerprint density at radius 1 is 0.933 bits per heavy atom. The molecule has 0 radical (unpaired) electrons. The van der Waals surface area contributed by atoms with Gasteiger partial charge in [0, 0.05) is 29.9 Å². The van der Waals surface area contributed by atoms with E-state index in [0.717, 1.165) is 5.56 Å². The quantitative estimate of drug-likeness (QED) is 0.459. The number of carbonyl (C=O) groups excluding carboxylic acids is 2. The molecule has 152 valence electrons. The Balaban J connectivity index is 1.54. The number of carbonyl (C=O) groups is 2. The molecule has 0 aliphatic heterocycles. The van der Waals surface area contributed by atoms with E-state index in [1.165, 1.54) is 36.4 Å². The van der Waals surface area contributed by atoms with Crippen molar-refractivity contribution in [3.63, 3.8) is 0 Å². The lowest BCUT2D eigenvalue weighted by atomic mass is 10.1. The second-order valence-electron chi connectivity index (χ2n) is 6.54. The number of rotatable bonds is 7. The minimum Gasteiger partial charge on any atom is -0.352 e. The highest BCUT2D eigenvalue weighted by atomic mass is 19.1. The number of nitrogens with zero attached hydrogens (tertiary/aromatic N) is 1. The van der Waals surface area contributed by atoms with Gasteiger partial charge in [-0.1, -0.05) is 24.3 Å². The van der Waals surface area contributed by atoms with Crippen molar-refractivity contribution in [1.82, 2.24) is 5.32 Å². The number of nitro benzene ring substituents is 1. The first-order valence-electron chi connectivity index (χ1n) is 9.06. The molecular formula is C22H18FN3O4. The van der Waals surface area contributed by atoms with Crippen molar-refractivity contribution in [3.8, 4) is 0 Å². The van der Waals surface area contributed by atoms with Gasteiger partial charge in [0.25, 0.3) is 11.6 Å². The van der Waals surface area contributed by atoms with Gasteiger partial charge in [-0.05, 0) is 47.5 Å². The van der Waals surface area contributed by atoms with Crippen molar-refractivity contribution < 1.29 is 18.9 Å². The van der Waals surface area contributed by atoms with Crippen molar-refractivity contribution >= 4 is 23.2 Å². The molecule has 8 heteroatoms. The number of non-ortho nitro benzene ring substituents is 1. The Bertz CT molecular complexity index is 1070. The highest BCUT2D eigenvalue weighted by Gasteiger charge is 2.09. The number of hydrogen-bond acceptors (Lipinski definition) is 4. The Morgan fingerprint density at radius 3 is 2.30 bits per heavy atom. The monoisotopic (exact) mass is 407 g/mol. The second-order valence-corrected chi connectivity index (χ2v) is 6.54. The van der Waals surface area contributed by atoms with Gasteiger partial charge < -0.3 is 10.6 Å². The van der Waals surface area contributed by atoms with Crippen LogP contribution in [0.5, 0.6) is 0 Å². The predicted molar refractivity (Wildman–Crippen MR) is 109 cm³/mol. The lowest BCUT2D eigenvalue weighted by Crippen LogP contribution is -2.24. The third-order valence-electron chi connectivity index (χ3n) is 4.29. The summed E-state index contributed by atoms with van der Waals surface area (Å²) in [6.45, 7) is 0.256. The first-order valence-corrected chi connectivity index (χ1v) is 9.06. The zero-order valence-electron chi connectivity index (χ0n) is 15.8. The maximum atomic E-state index is 13.0. The number of amides is 2. The normalized spacial score (nSPS) is 10.3. The summed E-state index contributed by atoms with van der Waals surface area (Å²) >= 11 is 0. The second kappa shape index (κ2) is 9.42. The molecule has 0 fully saturated rings. The van der Waals surface area contributed by atoms with Crippen LogP contribution < -0.4 is 10.6 Å². The van der Waals surface area contributed by atoms with Crippen molar-refractivity contribution in [2.75, 3.05) is 5.32 Å². The Morgan fingerprint density at radius 2 is 1.63 bits per heavy atom. The number of nitro groups is 1. The van der Waals surface area contributed by atoms with Gasteiger partial charge in [0.15, 0.2) is 0 Å². The Hall–Kier alpha value is -4.07. The summed E-state index contributed by atoms with van der Waals surface area (Å²) in [6, 6.07) is 18.0. The third kappa shape index (κ3) is 5.71. The molecule has 0 heterocycles. The molecule has 0 saturated heterocycles. The predicted octanol–water partition coefficient (Wildman–Crippen LogP) is 3.85. The molecule has 0 saturated carbocycles. The number of anilines is 1. The van der Waals surface area contributed by atoms with E-state index in [2.05, 4.69) is 10.6 Å². The average Bonchev–Trinajstić information content (AvgIpc) is 2.73. The molecular weight excluding hydrogens is 389 g/mol. The lowest BCUT2D eigenvalue weighted by molar-refractivity contribution is -0.384. The largest absolute Gasteiger partial charge is 0.352 e. The van der Waals surface area contributed by atoms with Gasteiger partial charge in [0.2, 0.25) is 5.91 Å². The topological polar surface area (TPSA) is 101 Å². The maximum absolute atomic E-state index is 13.0. The van der Waals surface area contributed by atoms with E-state index in [4.69, 9.17) is 0 Å². The van der Waals surface area contributed by atoms with Crippen LogP contribution >= 0.6 is 0 Å². The number of nitrogens with one attached hydrogen (secondary N) is 2. The molecule has 2 amide bonds. The minimum absolute atomic E-state index is 0.0290. The summed E-state index contributed by atoms with van der Waals surface area (Å²) in [5, 5.41) is 16.2. The molecule has 0 aliphatic carbocycles. The van der Waals surface area contributed by atoms with Gasteiger partial charge in [-0.25, -0.2) is 4.39 Å².